The van der Waals surface area contributed by atoms with Crippen LogP contribution in [0.5, 0.6) is 5.75 Å². The van der Waals surface area contributed by atoms with Crippen LogP contribution in [0, 0.1) is 17.6 Å². The fourth-order valence-corrected chi connectivity index (χ4v) is 5.31. The highest BCUT2D eigenvalue weighted by molar-refractivity contribution is 8.15. The third-order valence-corrected chi connectivity index (χ3v) is 6.58. The number of nitrogens with two attached hydrogens (primary N) is 1. The molecule has 1 amide bonds. The molecule has 2 atom stereocenters. The van der Waals surface area contributed by atoms with Gasteiger partial charge >= 0.3 is 0 Å². The van der Waals surface area contributed by atoms with E-state index in [4.69, 9.17) is 10.5 Å². The van der Waals surface area contributed by atoms with Gasteiger partial charge in [0.05, 0.1) is 6.61 Å². The molecule has 0 aliphatic carbocycles. The highest BCUT2D eigenvalue weighted by Gasteiger charge is 2.57. The summed E-state index contributed by atoms with van der Waals surface area (Å²) < 4.78 is 47.5. The Morgan fingerprint density at radius 1 is 1.31 bits per heavy atom. The van der Waals surface area contributed by atoms with Crippen molar-refractivity contribution in [3.63, 3.8) is 0 Å². The zero-order valence-electron chi connectivity index (χ0n) is 15.3. The van der Waals surface area contributed by atoms with Gasteiger partial charge < -0.3 is 10.5 Å². The van der Waals surface area contributed by atoms with E-state index < -0.39 is 29.1 Å². The van der Waals surface area contributed by atoms with Crippen LogP contribution in [-0.2, 0) is 9.67 Å². The minimum atomic E-state index is -1.27. The Balaban J connectivity index is 1.90. The zero-order valence-corrected chi connectivity index (χ0v) is 16.1. The SMILES string of the molecule is NCC[C@H]1COc2ccccc2[C@]12SC(c1cc(F)ccc1F)=NN2C(=O)CF. The van der Waals surface area contributed by atoms with Gasteiger partial charge in [0.2, 0.25) is 0 Å². The molecule has 0 fully saturated rings. The average Bonchev–Trinajstić information content (AvgIpc) is 3.12. The zero-order chi connectivity index (χ0) is 20.6. The number of para-hydroxylation sites is 1. The fourth-order valence-electron chi connectivity index (χ4n) is 3.76. The maximum Gasteiger partial charge on any atom is 0.275 e. The van der Waals surface area contributed by atoms with Crippen LogP contribution in [0.2, 0.25) is 0 Å². The lowest BCUT2D eigenvalue weighted by molar-refractivity contribution is -0.138. The average molecular weight is 421 g/mol. The fraction of sp³-hybridized carbons (Fsp3) is 0.300. The number of carbonyl (C=O) groups is 1. The first-order valence-corrected chi connectivity index (χ1v) is 9.87. The van der Waals surface area contributed by atoms with Crippen molar-refractivity contribution in [1.82, 2.24) is 5.01 Å². The number of hydrogen-bond acceptors (Lipinski definition) is 5. The molecule has 0 saturated carbocycles. The van der Waals surface area contributed by atoms with E-state index in [2.05, 4.69) is 5.10 Å². The minimum Gasteiger partial charge on any atom is -0.493 e. The van der Waals surface area contributed by atoms with Crippen LogP contribution in [0.4, 0.5) is 13.2 Å². The minimum absolute atomic E-state index is 0.0843. The maximum atomic E-state index is 14.4. The van der Waals surface area contributed by atoms with E-state index in [1.807, 2.05) is 0 Å². The highest BCUT2D eigenvalue weighted by atomic mass is 32.2. The van der Waals surface area contributed by atoms with Gasteiger partial charge in [-0.05, 0) is 37.2 Å². The number of halogens is 3. The number of amides is 1. The van der Waals surface area contributed by atoms with Gasteiger partial charge in [-0.15, -0.1) is 0 Å². The standard InChI is InChI=1S/C20H18F3N3O2S/c21-10-18(27)26-20(29-19(25-26)14-9-13(22)5-6-16(14)23)12(7-8-24)11-28-17-4-2-1-3-15(17)20/h1-6,9,12H,7-8,10-11,24H2/t12-,20+/m0/s1. The molecule has 2 aliphatic heterocycles. The van der Waals surface area contributed by atoms with Crippen LogP contribution < -0.4 is 10.5 Å². The summed E-state index contributed by atoms with van der Waals surface area (Å²) in [7, 11) is 0. The van der Waals surface area contributed by atoms with Crippen LogP contribution in [0.25, 0.3) is 0 Å². The van der Waals surface area contributed by atoms with Crippen molar-refractivity contribution >= 4 is 22.7 Å². The highest BCUT2D eigenvalue weighted by Crippen LogP contribution is 2.57. The molecule has 1 spiro atoms. The Bertz CT molecular complexity index is 987. The van der Waals surface area contributed by atoms with E-state index in [0.29, 0.717) is 24.3 Å². The molecule has 2 aromatic rings. The number of thioether (sulfide) groups is 1. The molecule has 0 bridgehead atoms. The van der Waals surface area contributed by atoms with Gasteiger partial charge in [-0.25, -0.2) is 18.2 Å². The number of ether oxygens (including phenoxy) is 1. The predicted molar refractivity (Wildman–Crippen MR) is 104 cm³/mol. The van der Waals surface area contributed by atoms with Crippen LogP contribution in [-0.4, -0.2) is 35.8 Å². The number of carbonyl (C=O) groups excluding carboxylic acids is 1. The molecule has 2 aliphatic rings. The first-order chi connectivity index (χ1) is 14.0. The Morgan fingerprint density at radius 2 is 2.10 bits per heavy atom. The molecule has 2 aromatic carbocycles. The van der Waals surface area contributed by atoms with E-state index in [-0.39, 0.29) is 23.1 Å². The summed E-state index contributed by atoms with van der Waals surface area (Å²) in [5, 5.41) is 5.41. The van der Waals surface area contributed by atoms with E-state index in [1.54, 1.807) is 24.3 Å². The van der Waals surface area contributed by atoms with Gasteiger partial charge in [0.1, 0.15) is 22.4 Å². The second kappa shape index (κ2) is 7.72. The molecule has 2 N–H and O–H groups in total. The maximum absolute atomic E-state index is 14.4. The molecule has 0 radical (unpaired) electrons. The number of fused-ring (bicyclic) bond motifs is 2. The first-order valence-electron chi connectivity index (χ1n) is 9.05. The van der Waals surface area contributed by atoms with Crippen molar-refractivity contribution in [2.45, 2.75) is 11.3 Å². The molecule has 0 saturated heterocycles. The summed E-state index contributed by atoms with van der Waals surface area (Å²) in [5.74, 6) is -2.00. The van der Waals surface area contributed by atoms with Crippen molar-refractivity contribution in [2.75, 3.05) is 19.8 Å². The Hall–Kier alpha value is -2.52. The van der Waals surface area contributed by atoms with Gasteiger partial charge in [-0.2, -0.15) is 5.10 Å². The summed E-state index contributed by atoms with van der Waals surface area (Å²) >= 11 is 1.10. The van der Waals surface area contributed by atoms with E-state index in [9.17, 15) is 18.0 Å². The van der Waals surface area contributed by atoms with Gasteiger partial charge in [-0.3, -0.25) is 4.79 Å². The number of hydrogen-bond donors (Lipinski definition) is 1. The monoisotopic (exact) mass is 421 g/mol. The molecule has 0 aromatic heterocycles. The normalized spacial score (nSPS) is 23.0. The smallest absolute Gasteiger partial charge is 0.275 e. The van der Waals surface area contributed by atoms with Crippen molar-refractivity contribution in [3.8, 4) is 5.75 Å². The molecule has 4 rings (SSSR count). The molecule has 5 nitrogen and oxygen atoms in total. The van der Waals surface area contributed by atoms with E-state index in [0.717, 1.165) is 35.0 Å². The van der Waals surface area contributed by atoms with Crippen LogP contribution in [0.15, 0.2) is 47.6 Å². The van der Waals surface area contributed by atoms with E-state index >= 15 is 0 Å². The number of benzene rings is 2. The second-order valence-corrected chi connectivity index (χ2v) is 7.96. The third kappa shape index (κ3) is 3.18. The summed E-state index contributed by atoms with van der Waals surface area (Å²) in [6.07, 6.45) is 0.464. The molecule has 2 heterocycles. The summed E-state index contributed by atoms with van der Waals surface area (Å²) in [6.45, 7) is -0.741. The Morgan fingerprint density at radius 3 is 2.86 bits per heavy atom. The van der Waals surface area contributed by atoms with Gasteiger partial charge in [-0.1, -0.05) is 30.0 Å². The largest absolute Gasteiger partial charge is 0.493 e. The lowest BCUT2D eigenvalue weighted by Crippen LogP contribution is -2.52. The molecule has 29 heavy (non-hydrogen) atoms. The summed E-state index contributed by atoms with van der Waals surface area (Å²) in [6, 6.07) is 10.1. The number of rotatable bonds is 4. The molecule has 152 valence electrons. The van der Waals surface area contributed by atoms with Crippen LogP contribution in [0.1, 0.15) is 17.5 Å². The number of hydrazone groups is 1. The quantitative estimate of drug-likeness (QED) is 0.822. The van der Waals surface area contributed by atoms with E-state index in [1.165, 1.54) is 0 Å². The van der Waals surface area contributed by atoms with Crippen molar-refractivity contribution in [2.24, 2.45) is 16.8 Å². The predicted octanol–water partition coefficient (Wildman–Crippen LogP) is 3.38. The molecule has 0 unspecified atom stereocenters. The van der Waals surface area contributed by atoms with Gasteiger partial charge in [0.15, 0.2) is 11.5 Å². The van der Waals surface area contributed by atoms with Gasteiger partial charge in [0.25, 0.3) is 5.91 Å². The lowest BCUT2D eigenvalue weighted by Gasteiger charge is -2.45. The van der Waals surface area contributed by atoms with Crippen molar-refractivity contribution in [1.29, 1.82) is 0 Å². The van der Waals surface area contributed by atoms with Crippen LogP contribution >= 0.6 is 11.8 Å². The third-order valence-electron chi connectivity index (χ3n) is 5.05. The number of alkyl halides is 1. The van der Waals surface area contributed by atoms with Crippen molar-refractivity contribution in [3.05, 3.63) is 65.2 Å². The molecule has 9 heteroatoms. The summed E-state index contributed by atoms with van der Waals surface area (Å²) in [4.78, 5) is 11.4. The Labute approximate surface area is 169 Å². The summed E-state index contributed by atoms with van der Waals surface area (Å²) in [5.41, 5.74) is 6.32. The molecular formula is C20H18F3N3O2S. The lowest BCUT2D eigenvalue weighted by atomic mass is 9.86. The molecular weight excluding hydrogens is 403 g/mol. The topological polar surface area (TPSA) is 67.9 Å². The van der Waals surface area contributed by atoms with Gasteiger partial charge in [0, 0.05) is 17.0 Å². The number of nitrogens with zero attached hydrogens (tertiary/aromatic N) is 2. The van der Waals surface area contributed by atoms with Crippen LogP contribution in [0.3, 0.4) is 0 Å². The van der Waals surface area contributed by atoms with Crippen molar-refractivity contribution < 1.29 is 22.7 Å². The second-order valence-electron chi connectivity index (χ2n) is 6.75. The first kappa shape index (κ1) is 19.8. The Kier molecular flexibility index (Phi) is 5.26.